The van der Waals surface area contributed by atoms with E-state index < -0.39 is 8.32 Å². The second kappa shape index (κ2) is 19.3. The molecule has 1 heterocycles. The number of hydrogen-bond donors (Lipinski definition) is 3. The highest BCUT2D eigenvalue weighted by Crippen LogP contribution is 2.49. The monoisotopic (exact) mass is 771 g/mol. The van der Waals surface area contributed by atoms with Crippen molar-refractivity contribution in [1.29, 1.82) is 0 Å². The van der Waals surface area contributed by atoms with Crippen LogP contribution in [0.3, 0.4) is 0 Å². The summed E-state index contributed by atoms with van der Waals surface area (Å²) in [5.41, 5.74) is 6.05. The number of phenolic OH excluding ortho intramolecular Hbond substituents is 1. The lowest BCUT2D eigenvalue weighted by atomic mass is 9.83. The zero-order valence-corrected chi connectivity index (χ0v) is 35.7. The molecule has 1 aliphatic rings. The average Bonchev–Trinajstić information content (AvgIpc) is 3.56. The van der Waals surface area contributed by atoms with Gasteiger partial charge in [0.05, 0.1) is 52.1 Å². The molecule has 0 radical (unpaired) electrons. The number of nitrogens with zero attached hydrogens (tertiary/aromatic N) is 3. The molecule has 0 bridgehead atoms. The number of phenols is 1. The third-order valence-electron chi connectivity index (χ3n) is 10.4. The third kappa shape index (κ3) is 10.8. The fourth-order valence-electron chi connectivity index (χ4n) is 6.38. The van der Waals surface area contributed by atoms with Gasteiger partial charge in [-0.3, -0.25) is 4.79 Å². The molecule has 1 amide bonds. The predicted molar refractivity (Wildman–Crippen MR) is 225 cm³/mol. The maximum absolute atomic E-state index is 13.9. The van der Waals surface area contributed by atoms with Crippen LogP contribution in [0.2, 0.25) is 18.1 Å². The van der Waals surface area contributed by atoms with E-state index in [4.69, 9.17) is 18.6 Å². The zero-order chi connectivity index (χ0) is 40.3. The number of para-hydroxylation sites is 1. The summed E-state index contributed by atoms with van der Waals surface area (Å²) in [6.07, 6.45) is 5.05. The molecule has 0 saturated carbocycles. The molecule has 0 saturated heterocycles. The number of carbonyl (C=O) groups is 1. The summed E-state index contributed by atoms with van der Waals surface area (Å²) in [5.74, 6) is 1.29. The number of aromatic nitrogens is 1. The van der Waals surface area contributed by atoms with Gasteiger partial charge in [-0.05, 0) is 118 Å². The lowest BCUT2D eigenvalue weighted by molar-refractivity contribution is 0.0916. The maximum atomic E-state index is 13.9. The molecule has 3 N–H and O–H groups in total. The van der Waals surface area contributed by atoms with Gasteiger partial charge in [0.1, 0.15) is 5.75 Å². The van der Waals surface area contributed by atoms with Crippen molar-refractivity contribution in [2.75, 3.05) is 61.7 Å². The Hall–Kier alpha value is -4.61. The molecule has 0 aliphatic heterocycles. The van der Waals surface area contributed by atoms with Gasteiger partial charge < -0.3 is 38.9 Å². The summed E-state index contributed by atoms with van der Waals surface area (Å²) in [7, 11) is 6.82. The Balaban J connectivity index is 0.000000533. The van der Waals surface area contributed by atoms with Gasteiger partial charge in [0.25, 0.3) is 5.91 Å². The molecule has 1 aliphatic carbocycles. The van der Waals surface area contributed by atoms with Crippen LogP contribution in [-0.2, 0) is 23.7 Å². The quantitative estimate of drug-likeness (QED) is 0.0632. The van der Waals surface area contributed by atoms with Gasteiger partial charge in [0.15, 0.2) is 19.8 Å². The van der Waals surface area contributed by atoms with E-state index in [0.717, 1.165) is 64.8 Å². The first-order valence-electron chi connectivity index (χ1n) is 19.1. The predicted octanol–water partition coefficient (Wildman–Crippen LogP) is 8.16. The van der Waals surface area contributed by atoms with Crippen LogP contribution in [0.4, 0.5) is 0 Å². The summed E-state index contributed by atoms with van der Waals surface area (Å²) in [4.78, 5) is 27.3. The molecule has 12 heteroatoms. The van der Waals surface area contributed by atoms with Gasteiger partial charge >= 0.3 is 0 Å². The van der Waals surface area contributed by atoms with Crippen LogP contribution in [0.15, 0.2) is 58.6 Å². The number of aryl methyl sites for hydroxylation is 1. The van der Waals surface area contributed by atoms with E-state index in [-0.39, 0.29) is 28.3 Å². The molecule has 11 nitrogen and oxygen atoms in total. The minimum atomic E-state index is -2.09. The van der Waals surface area contributed by atoms with Crippen molar-refractivity contribution >= 4 is 31.1 Å². The number of hydrogen-bond acceptors (Lipinski definition) is 9. The molecule has 4 aromatic rings. The average molecular weight is 772 g/mol. The molecule has 1 atom stereocenters. The Kier molecular flexibility index (Phi) is 15.1. The molecule has 3 aromatic carbocycles. The second-order valence-corrected chi connectivity index (χ2v) is 20.4. The van der Waals surface area contributed by atoms with Crippen LogP contribution in [0.25, 0.3) is 22.0 Å². The zero-order valence-electron chi connectivity index (χ0n) is 34.7. The van der Waals surface area contributed by atoms with Crippen molar-refractivity contribution < 1.29 is 28.5 Å². The number of rotatable bonds is 15. The van der Waals surface area contributed by atoms with Crippen molar-refractivity contribution in [3.63, 3.8) is 0 Å². The number of carbonyl (C=O) groups excluding carboxylic acids is 1. The van der Waals surface area contributed by atoms with E-state index in [2.05, 4.69) is 85.2 Å². The van der Waals surface area contributed by atoms with E-state index >= 15 is 0 Å². The highest BCUT2D eigenvalue weighted by Gasteiger charge is 2.38. The molecule has 0 unspecified atom stereocenters. The summed E-state index contributed by atoms with van der Waals surface area (Å²) in [6, 6.07) is 15.9. The van der Waals surface area contributed by atoms with Crippen molar-refractivity contribution in [2.24, 2.45) is 9.98 Å². The minimum absolute atomic E-state index is 0.0251. The van der Waals surface area contributed by atoms with Crippen LogP contribution in [0.1, 0.15) is 61.2 Å². The van der Waals surface area contributed by atoms with Gasteiger partial charge in [0, 0.05) is 29.2 Å². The van der Waals surface area contributed by atoms with Gasteiger partial charge in [-0.1, -0.05) is 39.0 Å². The van der Waals surface area contributed by atoms with E-state index in [1.54, 1.807) is 33.5 Å². The van der Waals surface area contributed by atoms with Gasteiger partial charge in [-0.15, -0.1) is 0 Å². The Labute approximate surface area is 328 Å². The van der Waals surface area contributed by atoms with Gasteiger partial charge in [-0.25, -0.2) is 9.98 Å². The lowest BCUT2D eigenvalue weighted by Crippen LogP contribution is -2.47. The summed E-state index contributed by atoms with van der Waals surface area (Å²) < 4.78 is 23.6. The fourth-order valence-corrected chi connectivity index (χ4v) is 7.43. The SMILES string of the molecule is CCN=C=NCCCN(C)C.COc1cc2c(c(OC)c1OC)CCc1cc(O)c(C(=O)N[C@@H](CO[Si](C)(C)C(C)(C)C)Cc3c[nH]c4ccccc34)cc1-2. The molecule has 55 heavy (non-hydrogen) atoms. The number of aliphatic imine (C=N–C) groups is 2. The van der Waals surface area contributed by atoms with E-state index in [0.29, 0.717) is 43.1 Å². The molecule has 5 rings (SSSR count). The maximum Gasteiger partial charge on any atom is 0.255 e. The van der Waals surface area contributed by atoms with E-state index in [1.807, 2.05) is 37.4 Å². The van der Waals surface area contributed by atoms with Crippen molar-refractivity contribution in [3.8, 4) is 34.1 Å². The molecular formula is C43H61N5O6Si. The molecule has 0 spiro atoms. The van der Waals surface area contributed by atoms with Crippen LogP contribution in [0.5, 0.6) is 23.0 Å². The van der Waals surface area contributed by atoms with Gasteiger partial charge in [0.2, 0.25) is 5.75 Å². The number of nitrogens with one attached hydrogen (secondary N) is 2. The van der Waals surface area contributed by atoms with Crippen molar-refractivity contribution in [1.82, 2.24) is 15.2 Å². The van der Waals surface area contributed by atoms with Crippen LogP contribution in [0, 0.1) is 0 Å². The first-order chi connectivity index (χ1) is 26.1. The lowest BCUT2D eigenvalue weighted by Gasteiger charge is -2.37. The number of H-pyrrole nitrogens is 1. The van der Waals surface area contributed by atoms with Crippen LogP contribution < -0.4 is 19.5 Å². The smallest absolute Gasteiger partial charge is 0.255 e. The summed E-state index contributed by atoms with van der Waals surface area (Å²) in [5, 5.41) is 15.4. The fraction of sp³-hybridized carbons (Fsp3) is 0.488. The standard InChI is InChI=1S/C35H44N2O6Si.C8H17N3/c1-35(2,3)44(7,8)43-20-23(15-22-19-36-29-12-10-9-11-24(22)29)37-34(39)28-17-26-21(16-30(28)38)13-14-25-27(26)18-31(40-4)33(42-6)32(25)41-5;1-4-9-8-10-6-5-7-11(2)3/h9-12,16-19,23,36,38H,13-15,20H2,1-8H3,(H,37,39);4-7H2,1-3H3/t23-;/m1./s1. The van der Waals surface area contributed by atoms with E-state index in [9.17, 15) is 9.90 Å². The largest absolute Gasteiger partial charge is 0.507 e. The van der Waals surface area contributed by atoms with Crippen molar-refractivity contribution in [3.05, 3.63) is 70.9 Å². The van der Waals surface area contributed by atoms with Crippen molar-refractivity contribution in [2.45, 2.75) is 77.6 Å². The number of benzene rings is 3. The highest BCUT2D eigenvalue weighted by molar-refractivity contribution is 6.74. The normalized spacial score (nSPS) is 12.8. The van der Waals surface area contributed by atoms with E-state index in [1.165, 1.54) is 0 Å². The highest BCUT2D eigenvalue weighted by atomic mass is 28.4. The Morgan fingerprint density at radius 3 is 2.40 bits per heavy atom. The third-order valence-corrected chi connectivity index (χ3v) is 14.9. The topological polar surface area (TPSA) is 130 Å². The molecule has 298 valence electrons. The number of methoxy groups -OCH3 is 3. The first-order valence-corrected chi connectivity index (χ1v) is 22.0. The number of aromatic amines is 1. The van der Waals surface area contributed by atoms with Gasteiger partial charge in [-0.2, -0.15) is 0 Å². The number of aromatic hydroxyl groups is 1. The first kappa shape index (κ1) is 43.1. The molecule has 0 fully saturated rings. The minimum Gasteiger partial charge on any atom is -0.507 e. The number of fused-ring (bicyclic) bond motifs is 4. The second-order valence-electron chi connectivity index (χ2n) is 15.6. The van der Waals surface area contributed by atoms with Crippen LogP contribution >= 0.6 is 0 Å². The Morgan fingerprint density at radius 2 is 1.75 bits per heavy atom. The number of ether oxygens (including phenoxy) is 3. The number of amides is 1. The van der Waals surface area contributed by atoms with Crippen LogP contribution in [-0.4, -0.2) is 103 Å². The molecular weight excluding hydrogens is 711 g/mol. The summed E-state index contributed by atoms with van der Waals surface area (Å²) >= 11 is 0. The summed E-state index contributed by atoms with van der Waals surface area (Å²) in [6.45, 7) is 16.1. The molecule has 1 aromatic heterocycles. The Bertz CT molecular complexity index is 1980. The Morgan fingerprint density at radius 1 is 1.02 bits per heavy atom.